The SMILES string of the molecule is CO[C@H](CNC(=O)C(=O)Nc1ccc(OC(F)(F)F)cc1)c1ccccc1Cl. The van der Waals surface area contributed by atoms with Crippen LogP contribution in [-0.2, 0) is 14.3 Å². The highest BCUT2D eigenvalue weighted by atomic mass is 35.5. The van der Waals surface area contributed by atoms with E-state index in [-0.39, 0.29) is 12.2 Å². The molecule has 28 heavy (non-hydrogen) atoms. The number of methoxy groups -OCH3 is 1. The second-order valence-electron chi connectivity index (χ2n) is 5.48. The van der Waals surface area contributed by atoms with Crippen LogP contribution in [0, 0.1) is 0 Å². The van der Waals surface area contributed by atoms with Gasteiger partial charge in [-0.15, -0.1) is 13.2 Å². The number of hydrogen-bond acceptors (Lipinski definition) is 4. The van der Waals surface area contributed by atoms with E-state index in [0.29, 0.717) is 10.6 Å². The van der Waals surface area contributed by atoms with E-state index < -0.39 is 30.0 Å². The molecule has 0 saturated heterocycles. The molecule has 2 N–H and O–H groups in total. The lowest BCUT2D eigenvalue weighted by atomic mass is 10.1. The number of anilines is 1. The van der Waals surface area contributed by atoms with Gasteiger partial charge in [-0.05, 0) is 30.3 Å². The molecule has 0 heterocycles. The van der Waals surface area contributed by atoms with E-state index in [2.05, 4.69) is 15.4 Å². The molecule has 2 aromatic rings. The summed E-state index contributed by atoms with van der Waals surface area (Å²) >= 11 is 6.08. The predicted octanol–water partition coefficient (Wildman–Crippen LogP) is 3.68. The molecule has 1 atom stereocenters. The molecule has 0 aromatic heterocycles. The molecule has 0 unspecified atom stereocenters. The van der Waals surface area contributed by atoms with Gasteiger partial charge >= 0.3 is 18.2 Å². The lowest BCUT2D eigenvalue weighted by Gasteiger charge is -2.17. The molecule has 0 radical (unpaired) electrons. The number of alkyl halides is 3. The minimum Gasteiger partial charge on any atom is -0.406 e. The fourth-order valence-electron chi connectivity index (χ4n) is 2.25. The molecule has 2 amide bonds. The average Bonchev–Trinajstić information content (AvgIpc) is 2.63. The van der Waals surface area contributed by atoms with Gasteiger partial charge in [-0.1, -0.05) is 29.8 Å². The zero-order valence-electron chi connectivity index (χ0n) is 14.5. The van der Waals surface area contributed by atoms with Gasteiger partial charge in [-0.2, -0.15) is 0 Å². The van der Waals surface area contributed by atoms with Crippen LogP contribution < -0.4 is 15.4 Å². The molecule has 0 aliphatic rings. The van der Waals surface area contributed by atoms with Gasteiger partial charge in [0.15, 0.2) is 0 Å². The standard InChI is InChI=1S/C18H16ClF3N2O4/c1-27-15(13-4-2-3-5-14(13)19)10-23-16(25)17(26)24-11-6-8-12(9-7-11)28-18(20,21)22/h2-9,15H,10H2,1H3,(H,23,25)(H,24,26)/t15-/m1/s1. The van der Waals surface area contributed by atoms with Crippen LogP contribution in [-0.4, -0.2) is 31.8 Å². The molecule has 0 bridgehead atoms. The maximum absolute atomic E-state index is 12.1. The maximum atomic E-state index is 12.1. The Balaban J connectivity index is 1.90. The van der Waals surface area contributed by atoms with Crippen molar-refractivity contribution in [3.8, 4) is 5.75 Å². The molecule has 0 aliphatic carbocycles. The van der Waals surface area contributed by atoms with Crippen molar-refractivity contribution in [3.63, 3.8) is 0 Å². The monoisotopic (exact) mass is 416 g/mol. The van der Waals surface area contributed by atoms with Crippen LogP contribution in [0.3, 0.4) is 0 Å². The normalized spacial score (nSPS) is 12.2. The summed E-state index contributed by atoms with van der Waals surface area (Å²) in [6, 6.07) is 11.3. The Bertz CT molecular complexity index is 828. The van der Waals surface area contributed by atoms with Gasteiger partial charge in [0.1, 0.15) is 11.9 Å². The van der Waals surface area contributed by atoms with Gasteiger partial charge in [0.2, 0.25) is 0 Å². The minimum atomic E-state index is -4.82. The van der Waals surface area contributed by atoms with Gasteiger partial charge in [0, 0.05) is 29.9 Å². The van der Waals surface area contributed by atoms with Crippen LogP contribution in [0.15, 0.2) is 48.5 Å². The van der Waals surface area contributed by atoms with Crippen LogP contribution in [0.2, 0.25) is 5.02 Å². The summed E-state index contributed by atoms with van der Waals surface area (Å²) in [5, 5.41) is 5.14. The van der Waals surface area contributed by atoms with Gasteiger partial charge in [-0.3, -0.25) is 9.59 Å². The Morgan fingerprint density at radius 1 is 1.07 bits per heavy atom. The van der Waals surface area contributed by atoms with Crippen molar-refractivity contribution in [2.45, 2.75) is 12.5 Å². The number of carbonyl (C=O) groups is 2. The zero-order valence-corrected chi connectivity index (χ0v) is 15.3. The first-order valence-corrected chi connectivity index (χ1v) is 8.29. The lowest BCUT2D eigenvalue weighted by molar-refractivity contribution is -0.274. The minimum absolute atomic E-state index is 0.00908. The third kappa shape index (κ3) is 6.43. The van der Waals surface area contributed by atoms with Gasteiger partial charge in [-0.25, -0.2) is 0 Å². The number of amides is 2. The second-order valence-corrected chi connectivity index (χ2v) is 5.89. The highest BCUT2D eigenvalue weighted by Crippen LogP contribution is 2.25. The van der Waals surface area contributed by atoms with Crippen molar-refractivity contribution >= 4 is 29.1 Å². The van der Waals surface area contributed by atoms with E-state index in [1.165, 1.54) is 19.2 Å². The number of rotatable bonds is 6. The van der Waals surface area contributed by atoms with Crippen molar-refractivity contribution in [1.29, 1.82) is 0 Å². The van der Waals surface area contributed by atoms with Crippen LogP contribution in [0.1, 0.15) is 11.7 Å². The summed E-state index contributed by atoms with van der Waals surface area (Å²) in [6.07, 6.45) is -5.38. The number of benzene rings is 2. The fourth-order valence-corrected chi connectivity index (χ4v) is 2.51. The molecule has 2 aromatic carbocycles. The summed E-state index contributed by atoms with van der Waals surface area (Å²) in [7, 11) is 1.44. The molecule has 0 aliphatic heterocycles. The van der Waals surface area contributed by atoms with E-state index in [1.807, 2.05) is 0 Å². The summed E-state index contributed by atoms with van der Waals surface area (Å²) in [5.41, 5.74) is 0.775. The van der Waals surface area contributed by atoms with Crippen LogP contribution in [0.5, 0.6) is 5.75 Å². The van der Waals surface area contributed by atoms with E-state index in [9.17, 15) is 22.8 Å². The van der Waals surface area contributed by atoms with Crippen LogP contribution in [0.25, 0.3) is 0 Å². The van der Waals surface area contributed by atoms with Crippen molar-refractivity contribution < 1.29 is 32.2 Å². The van der Waals surface area contributed by atoms with E-state index in [1.54, 1.807) is 24.3 Å². The Labute approximate surface area is 163 Å². The number of ether oxygens (including phenoxy) is 2. The molecule has 10 heteroatoms. The van der Waals surface area contributed by atoms with Crippen LogP contribution in [0.4, 0.5) is 18.9 Å². The molecule has 150 valence electrons. The average molecular weight is 417 g/mol. The Morgan fingerprint density at radius 3 is 2.29 bits per heavy atom. The molecular formula is C18H16ClF3N2O4. The maximum Gasteiger partial charge on any atom is 0.573 e. The smallest absolute Gasteiger partial charge is 0.406 e. The molecule has 0 fully saturated rings. The first-order valence-electron chi connectivity index (χ1n) is 7.92. The lowest BCUT2D eigenvalue weighted by Crippen LogP contribution is -2.38. The van der Waals surface area contributed by atoms with Crippen molar-refractivity contribution in [1.82, 2.24) is 5.32 Å². The van der Waals surface area contributed by atoms with E-state index in [4.69, 9.17) is 16.3 Å². The highest BCUT2D eigenvalue weighted by molar-refractivity contribution is 6.39. The topological polar surface area (TPSA) is 76.7 Å². The summed E-state index contributed by atoms with van der Waals surface area (Å²) in [6.45, 7) is -0.00908. The fraction of sp³-hybridized carbons (Fsp3) is 0.222. The van der Waals surface area contributed by atoms with Crippen molar-refractivity contribution in [2.24, 2.45) is 0 Å². The molecule has 6 nitrogen and oxygen atoms in total. The number of nitrogens with one attached hydrogen (secondary N) is 2. The van der Waals surface area contributed by atoms with E-state index in [0.717, 1.165) is 12.1 Å². The summed E-state index contributed by atoms with van der Waals surface area (Å²) in [5.74, 6) is -2.37. The Hall–Kier alpha value is -2.78. The first kappa shape index (κ1) is 21.5. The number of carbonyl (C=O) groups excluding carboxylic acids is 2. The number of hydrogen-bond donors (Lipinski definition) is 2. The molecule has 0 saturated carbocycles. The number of halogens is 4. The zero-order chi connectivity index (χ0) is 20.7. The third-order valence-electron chi connectivity index (χ3n) is 3.54. The van der Waals surface area contributed by atoms with Gasteiger partial charge in [0.05, 0.1) is 0 Å². The quantitative estimate of drug-likeness (QED) is 0.704. The molecular weight excluding hydrogens is 401 g/mol. The summed E-state index contributed by atoms with van der Waals surface area (Å²) < 4.78 is 45.4. The Kier molecular flexibility index (Phi) is 7.24. The molecule has 2 rings (SSSR count). The van der Waals surface area contributed by atoms with Crippen molar-refractivity contribution in [2.75, 3.05) is 19.0 Å². The van der Waals surface area contributed by atoms with Gasteiger partial charge < -0.3 is 20.1 Å². The van der Waals surface area contributed by atoms with Crippen molar-refractivity contribution in [3.05, 3.63) is 59.1 Å². The predicted molar refractivity (Wildman–Crippen MR) is 96.0 cm³/mol. The highest BCUT2D eigenvalue weighted by Gasteiger charge is 2.31. The second kappa shape index (κ2) is 9.43. The van der Waals surface area contributed by atoms with E-state index >= 15 is 0 Å². The van der Waals surface area contributed by atoms with Crippen LogP contribution >= 0.6 is 11.6 Å². The van der Waals surface area contributed by atoms with Gasteiger partial charge in [0.25, 0.3) is 0 Å². The summed E-state index contributed by atoms with van der Waals surface area (Å²) in [4.78, 5) is 23.9. The Morgan fingerprint density at radius 2 is 1.71 bits per heavy atom. The first-order chi connectivity index (χ1) is 13.2. The molecule has 0 spiro atoms. The largest absolute Gasteiger partial charge is 0.573 e. The third-order valence-corrected chi connectivity index (χ3v) is 3.88.